The van der Waals surface area contributed by atoms with Crippen molar-refractivity contribution in [3.05, 3.63) is 0 Å². The van der Waals surface area contributed by atoms with Crippen molar-refractivity contribution < 1.29 is 9.53 Å². The van der Waals surface area contributed by atoms with Crippen LogP contribution in [0.4, 0.5) is 0 Å². The van der Waals surface area contributed by atoms with Gasteiger partial charge in [-0.1, -0.05) is 12.8 Å². The molecule has 2 saturated carbocycles. The summed E-state index contributed by atoms with van der Waals surface area (Å²) in [6, 6.07) is 0. The maximum absolute atomic E-state index is 12.1. The lowest BCUT2D eigenvalue weighted by Gasteiger charge is -2.05. The van der Waals surface area contributed by atoms with E-state index in [9.17, 15) is 4.79 Å². The second-order valence-electron chi connectivity index (χ2n) is 5.54. The first-order valence-electron chi connectivity index (χ1n) is 6.46. The van der Waals surface area contributed by atoms with Gasteiger partial charge in [0.15, 0.2) is 0 Å². The smallest absolute Gasteiger partial charge is 0.136 e. The topological polar surface area (TPSA) is 26.3 Å². The minimum absolute atomic E-state index is 0.466. The van der Waals surface area contributed by atoms with E-state index in [1.54, 1.807) is 0 Å². The van der Waals surface area contributed by atoms with Gasteiger partial charge >= 0.3 is 0 Å². The number of rotatable bonds is 3. The van der Waals surface area contributed by atoms with Gasteiger partial charge in [0.25, 0.3) is 0 Å². The molecule has 3 unspecified atom stereocenters. The second kappa shape index (κ2) is 3.89. The lowest BCUT2D eigenvalue weighted by atomic mass is 9.98. The molecule has 3 rings (SSSR count). The van der Waals surface area contributed by atoms with Crippen LogP contribution in [0, 0.1) is 23.7 Å². The molecule has 2 aliphatic carbocycles. The molecule has 0 aromatic heterocycles. The van der Waals surface area contributed by atoms with Crippen LogP contribution in [0.25, 0.3) is 0 Å². The number of Topliss-reactive ketones (excluding diaryl/α,β-unsaturated/α-hetero) is 1. The Morgan fingerprint density at radius 1 is 1.13 bits per heavy atom. The van der Waals surface area contributed by atoms with Gasteiger partial charge in [-0.25, -0.2) is 0 Å². The summed E-state index contributed by atoms with van der Waals surface area (Å²) < 4.78 is 5.32. The number of carbonyl (C=O) groups excluding carboxylic acids is 1. The summed E-state index contributed by atoms with van der Waals surface area (Å²) in [5.74, 6) is 3.14. The van der Waals surface area contributed by atoms with Gasteiger partial charge in [0, 0.05) is 25.6 Å². The van der Waals surface area contributed by atoms with Gasteiger partial charge in [-0.2, -0.15) is 0 Å². The van der Waals surface area contributed by atoms with E-state index in [4.69, 9.17) is 4.74 Å². The van der Waals surface area contributed by atoms with E-state index < -0.39 is 0 Å². The van der Waals surface area contributed by atoms with E-state index in [-0.39, 0.29) is 0 Å². The van der Waals surface area contributed by atoms with E-state index in [2.05, 4.69) is 0 Å². The molecule has 0 aromatic carbocycles. The Bertz CT molecular complexity index is 243. The van der Waals surface area contributed by atoms with Crippen molar-refractivity contribution in [1.82, 2.24) is 0 Å². The zero-order valence-electron chi connectivity index (χ0n) is 9.28. The molecule has 0 amide bonds. The summed E-state index contributed by atoms with van der Waals surface area (Å²) in [7, 11) is 0. The molecular formula is C13H20O2. The van der Waals surface area contributed by atoms with Crippen LogP contribution >= 0.6 is 0 Å². The maximum atomic E-state index is 12.1. The van der Waals surface area contributed by atoms with E-state index in [0.717, 1.165) is 37.9 Å². The van der Waals surface area contributed by atoms with Crippen LogP contribution in [-0.2, 0) is 9.53 Å². The fourth-order valence-corrected chi connectivity index (χ4v) is 3.63. The number of hydrogen-bond donors (Lipinski definition) is 0. The first-order valence-corrected chi connectivity index (χ1v) is 6.46. The van der Waals surface area contributed by atoms with Crippen LogP contribution in [0.3, 0.4) is 0 Å². The normalized spacial score (nSPS) is 43.7. The highest BCUT2D eigenvalue weighted by molar-refractivity contribution is 5.84. The molecular weight excluding hydrogens is 188 g/mol. The number of hydrogen-bond acceptors (Lipinski definition) is 2. The van der Waals surface area contributed by atoms with E-state index in [1.165, 1.54) is 25.7 Å². The van der Waals surface area contributed by atoms with Crippen molar-refractivity contribution in [2.45, 2.75) is 38.5 Å². The second-order valence-corrected chi connectivity index (χ2v) is 5.54. The Hall–Kier alpha value is -0.370. The minimum atomic E-state index is 0.466. The average molecular weight is 208 g/mol. The molecule has 3 fully saturated rings. The van der Waals surface area contributed by atoms with Crippen LogP contribution in [-0.4, -0.2) is 19.0 Å². The lowest BCUT2D eigenvalue weighted by molar-refractivity contribution is -0.121. The maximum Gasteiger partial charge on any atom is 0.136 e. The molecule has 84 valence electrons. The molecule has 3 atom stereocenters. The third-order valence-electron chi connectivity index (χ3n) is 4.54. The predicted octanol–water partition coefficient (Wildman–Crippen LogP) is 2.42. The minimum Gasteiger partial charge on any atom is -0.381 e. The Balaban J connectivity index is 1.52. The van der Waals surface area contributed by atoms with Crippen molar-refractivity contribution in [1.29, 1.82) is 0 Å². The van der Waals surface area contributed by atoms with E-state index >= 15 is 0 Å². The Morgan fingerprint density at radius 3 is 2.47 bits per heavy atom. The van der Waals surface area contributed by atoms with Crippen molar-refractivity contribution in [2.75, 3.05) is 13.2 Å². The Labute approximate surface area is 91.4 Å². The van der Waals surface area contributed by atoms with Gasteiger partial charge in [0.2, 0.25) is 0 Å². The van der Waals surface area contributed by atoms with E-state index in [0.29, 0.717) is 17.6 Å². The molecule has 0 N–H and O–H groups in total. The molecule has 2 nitrogen and oxygen atoms in total. The summed E-state index contributed by atoms with van der Waals surface area (Å²) in [6.45, 7) is 1.70. The summed E-state index contributed by atoms with van der Waals surface area (Å²) in [5.41, 5.74) is 0. The fraction of sp³-hybridized carbons (Fsp3) is 0.923. The highest BCUT2D eigenvalue weighted by Gasteiger charge is 2.54. The number of ether oxygens (including phenoxy) is 1. The van der Waals surface area contributed by atoms with Gasteiger partial charge in [0.05, 0.1) is 0 Å². The summed E-state index contributed by atoms with van der Waals surface area (Å²) >= 11 is 0. The van der Waals surface area contributed by atoms with Crippen LogP contribution in [0.2, 0.25) is 0 Å². The summed E-state index contributed by atoms with van der Waals surface area (Å²) in [6.07, 6.45) is 7.27. The van der Waals surface area contributed by atoms with Gasteiger partial charge < -0.3 is 4.74 Å². The Kier molecular flexibility index (Phi) is 2.55. The molecule has 0 spiro atoms. The fourth-order valence-electron chi connectivity index (χ4n) is 3.63. The van der Waals surface area contributed by atoms with E-state index in [1.807, 2.05) is 0 Å². The zero-order chi connectivity index (χ0) is 10.3. The van der Waals surface area contributed by atoms with Crippen LogP contribution < -0.4 is 0 Å². The number of carbonyl (C=O) groups is 1. The molecule has 1 saturated heterocycles. The zero-order valence-corrected chi connectivity index (χ0v) is 9.28. The monoisotopic (exact) mass is 208 g/mol. The lowest BCUT2D eigenvalue weighted by Crippen LogP contribution is -2.11. The molecule has 0 aromatic rings. The highest BCUT2D eigenvalue weighted by Crippen LogP contribution is 2.56. The third kappa shape index (κ3) is 1.84. The SMILES string of the molecule is O=C(CC1CCOC1)C1C2CCCCC21. The summed E-state index contributed by atoms with van der Waals surface area (Å²) in [4.78, 5) is 12.1. The van der Waals surface area contributed by atoms with Crippen LogP contribution in [0.15, 0.2) is 0 Å². The van der Waals surface area contributed by atoms with Crippen molar-refractivity contribution in [3.63, 3.8) is 0 Å². The van der Waals surface area contributed by atoms with Crippen molar-refractivity contribution >= 4 is 5.78 Å². The number of fused-ring (bicyclic) bond motifs is 1. The first-order chi connectivity index (χ1) is 7.36. The average Bonchev–Trinajstić information content (AvgIpc) is 2.77. The summed E-state index contributed by atoms with van der Waals surface area (Å²) in [5, 5.41) is 0. The quantitative estimate of drug-likeness (QED) is 0.712. The first kappa shape index (κ1) is 9.83. The molecule has 0 bridgehead atoms. The predicted molar refractivity (Wildman–Crippen MR) is 57.5 cm³/mol. The van der Waals surface area contributed by atoms with Gasteiger partial charge in [-0.3, -0.25) is 4.79 Å². The molecule has 15 heavy (non-hydrogen) atoms. The Morgan fingerprint density at radius 2 is 1.87 bits per heavy atom. The van der Waals surface area contributed by atoms with Gasteiger partial charge in [-0.15, -0.1) is 0 Å². The molecule has 1 heterocycles. The highest BCUT2D eigenvalue weighted by atomic mass is 16.5. The van der Waals surface area contributed by atoms with Crippen LogP contribution in [0.1, 0.15) is 38.5 Å². The standard InChI is InChI=1S/C13H20O2/c14-12(7-9-5-6-15-8-9)13-10-3-1-2-4-11(10)13/h9-11,13H,1-8H2. The molecule has 1 aliphatic heterocycles. The van der Waals surface area contributed by atoms with Crippen molar-refractivity contribution in [3.8, 4) is 0 Å². The molecule has 0 radical (unpaired) electrons. The largest absolute Gasteiger partial charge is 0.381 e. The third-order valence-corrected chi connectivity index (χ3v) is 4.54. The number of ketones is 1. The van der Waals surface area contributed by atoms with Crippen molar-refractivity contribution in [2.24, 2.45) is 23.7 Å². The van der Waals surface area contributed by atoms with Gasteiger partial charge in [-0.05, 0) is 37.0 Å². The van der Waals surface area contributed by atoms with Crippen LogP contribution in [0.5, 0.6) is 0 Å². The molecule has 3 aliphatic rings. The molecule has 2 heteroatoms. The van der Waals surface area contributed by atoms with Gasteiger partial charge in [0.1, 0.15) is 5.78 Å².